The lowest BCUT2D eigenvalue weighted by atomic mass is 10.1. The molecular weight excluding hydrogens is 340 g/mol. The Bertz CT molecular complexity index is 913. The van der Waals surface area contributed by atoms with E-state index in [1.807, 2.05) is 48.5 Å². The number of H-pyrrole nitrogens is 1. The number of aryl methyl sites for hydroxylation is 1. The Morgan fingerprint density at radius 2 is 1.85 bits per heavy atom. The van der Waals surface area contributed by atoms with Crippen LogP contribution >= 0.6 is 0 Å². The first-order chi connectivity index (χ1) is 13.2. The van der Waals surface area contributed by atoms with Gasteiger partial charge in [-0.3, -0.25) is 9.59 Å². The van der Waals surface area contributed by atoms with Crippen LogP contribution in [-0.2, 0) is 27.2 Å². The molecule has 1 aromatic heterocycles. The van der Waals surface area contributed by atoms with Crippen molar-refractivity contribution in [2.75, 3.05) is 11.9 Å². The molecule has 0 aliphatic carbocycles. The molecule has 0 unspecified atom stereocenters. The van der Waals surface area contributed by atoms with Crippen LogP contribution in [0.2, 0.25) is 0 Å². The SMILES string of the molecule is CCCCc1ccc(NC(=O)COC(=O)Cc2c[nH]c3ccccc23)cc1. The number of aromatic amines is 1. The van der Waals surface area contributed by atoms with E-state index in [9.17, 15) is 9.59 Å². The molecule has 0 aliphatic rings. The number of fused-ring (bicyclic) bond motifs is 1. The van der Waals surface area contributed by atoms with Crippen LogP contribution in [0.5, 0.6) is 0 Å². The van der Waals surface area contributed by atoms with Crippen LogP contribution in [0, 0.1) is 0 Å². The van der Waals surface area contributed by atoms with Gasteiger partial charge in [0.05, 0.1) is 6.42 Å². The minimum Gasteiger partial charge on any atom is -0.455 e. The van der Waals surface area contributed by atoms with Gasteiger partial charge in [0.15, 0.2) is 6.61 Å². The summed E-state index contributed by atoms with van der Waals surface area (Å²) in [4.78, 5) is 27.2. The van der Waals surface area contributed by atoms with Gasteiger partial charge in [-0.25, -0.2) is 0 Å². The molecule has 0 atom stereocenters. The third-order valence-electron chi connectivity index (χ3n) is 4.43. The molecule has 27 heavy (non-hydrogen) atoms. The quantitative estimate of drug-likeness (QED) is 0.588. The smallest absolute Gasteiger partial charge is 0.310 e. The van der Waals surface area contributed by atoms with Gasteiger partial charge in [0.1, 0.15) is 0 Å². The maximum Gasteiger partial charge on any atom is 0.310 e. The molecular formula is C22H24N2O3. The molecule has 0 bridgehead atoms. The molecule has 3 rings (SSSR count). The number of carbonyl (C=O) groups is 2. The van der Waals surface area contributed by atoms with E-state index in [-0.39, 0.29) is 18.9 Å². The molecule has 0 saturated heterocycles. The number of carbonyl (C=O) groups excluding carboxylic acids is 2. The van der Waals surface area contributed by atoms with Gasteiger partial charge in [-0.05, 0) is 42.2 Å². The van der Waals surface area contributed by atoms with Crippen molar-refractivity contribution in [3.05, 3.63) is 65.9 Å². The summed E-state index contributed by atoms with van der Waals surface area (Å²) >= 11 is 0. The number of benzene rings is 2. The van der Waals surface area contributed by atoms with Crippen molar-refractivity contribution in [1.82, 2.24) is 4.98 Å². The number of hydrogen-bond acceptors (Lipinski definition) is 3. The number of amides is 1. The Labute approximate surface area is 158 Å². The molecule has 5 heteroatoms. The molecule has 2 aromatic carbocycles. The zero-order chi connectivity index (χ0) is 19.1. The second-order valence-electron chi connectivity index (χ2n) is 6.55. The fraction of sp³-hybridized carbons (Fsp3) is 0.273. The summed E-state index contributed by atoms with van der Waals surface area (Å²) < 4.78 is 5.11. The molecule has 0 fully saturated rings. The normalized spacial score (nSPS) is 10.7. The molecule has 0 spiro atoms. The van der Waals surface area contributed by atoms with Crippen LogP contribution in [0.1, 0.15) is 30.9 Å². The third-order valence-corrected chi connectivity index (χ3v) is 4.43. The average Bonchev–Trinajstić information content (AvgIpc) is 3.09. The van der Waals surface area contributed by atoms with Gasteiger partial charge in [-0.1, -0.05) is 43.7 Å². The van der Waals surface area contributed by atoms with Crippen LogP contribution in [0.3, 0.4) is 0 Å². The highest BCUT2D eigenvalue weighted by molar-refractivity contribution is 5.93. The molecule has 3 aromatic rings. The van der Waals surface area contributed by atoms with Gasteiger partial charge in [0.25, 0.3) is 5.91 Å². The van der Waals surface area contributed by atoms with Crippen molar-refractivity contribution < 1.29 is 14.3 Å². The topological polar surface area (TPSA) is 71.2 Å². The van der Waals surface area contributed by atoms with E-state index in [0.717, 1.165) is 35.7 Å². The number of unbranched alkanes of at least 4 members (excludes halogenated alkanes) is 1. The number of aromatic nitrogens is 1. The van der Waals surface area contributed by atoms with E-state index in [2.05, 4.69) is 17.2 Å². The maximum atomic E-state index is 12.0. The zero-order valence-corrected chi connectivity index (χ0v) is 15.5. The summed E-state index contributed by atoms with van der Waals surface area (Å²) in [7, 11) is 0. The lowest BCUT2D eigenvalue weighted by molar-refractivity contribution is -0.146. The third kappa shape index (κ3) is 5.20. The summed E-state index contributed by atoms with van der Waals surface area (Å²) in [6.07, 6.45) is 5.27. The zero-order valence-electron chi connectivity index (χ0n) is 15.5. The van der Waals surface area contributed by atoms with Gasteiger partial charge >= 0.3 is 5.97 Å². The Kier molecular flexibility index (Phi) is 6.26. The minimum atomic E-state index is -0.426. The Morgan fingerprint density at radius 3 is 2.63 bits per heavy atom. The largest absolute Gasteiger partial charge is 0.455 e. The van der Waals surface area contributed by atoms with Crippen LogP contribution in [-0.4, -0.2) is 23.5 Å². The molecule has 0 saturated carbocycles. The van der Waals surface area contributed by atoms with E-state index in [1.54, 1.807) is 6.20 Å². The Morgan fingerprint density at radius 1 is 1.07 bits per heavy atom. The van der Waals surface area contributed by atoms with Crippen molar-refractivity contribution in [2.24, 2.45) is 0 Å². The second kappa shape index (κ2) is 9.03. The minimum absolute atomic E-state index is 0.128. The van der Waals surface area contributed by atoms with Crippen LogP contribution < -0.4 is 5.32 Å². The van der Waals surface area contributed by atoms with Crippen LogP contribution in [0.25, 0.3) is 10.9 Å². The van der Waals surface area contributed by atoms with Gasteiger partial charge in [0.2, 0.25) is 0 Å². The summed E-state index contributed by atoms with van der Waals surface area (Å²) in [5.74, 6) is -0.770. The van der Waals surface area contributed by atoms with Gasteiger partial charge in [-0.15, -0.1) is 0 Å². The molecule has 1 amide bonds. The number of rotatable bonds is 8. The highest BCUT2D eigenvalue weighted by Gasteiger charge is 2.12. The molecule has 0 aliphatic heterocycles. The summed E-state index contributed by atoms with van der Waals surface area (Å²) in [5, 5.41) is 3.73. The number of hydrogen-bond donors (Lipinski definition) is 2. The number of para-hydroxylation sites is 1. The van der Waals surface area contributed by atoms with E-state index in [4.69, 9.17) is 4.74 Å². The van der Waals surface area contributed by atoms with Crippen molar-refractivity contribution in [3.8, 4) is 0 Å². The van der Waals surface area contributed by atoms with Crippen molar-refractivity contribution in [3.63, 3.8) is 0 Å². The standard InChI is InChI=1S/C22H24N2O3/c1-2-3-6-16-9-11-18(12-10-16)24-21(25)15-27-22(26)13-17-14-23-20-8-5-4-7-19(17)20/h4-5,7-12,14,23H,2-3,6,13,15H2,1H3,(H,24,25). The lowest BCUT2D eigenvalue weighted by Gasteiger charge is -2.07. The lowest BCUT2D eigenvalue weighted by Crippen LogP contribution is -2.21. The number of nitrogens with one attached hydrogen (secondary N) is 2. The molecule has 2 N–H and O–H groups in total. The fourth-order valence-electron chi connectivity index (χ4n) is 2.96. The second-order valence-corrected chi connectivity index (χ2v) is 6.55. The van der Waals surface area contributed by atoms with E-state index in [0.29, 0.717) is 5.69 Å². The summed E-state index contributed by atoms with van der Waals surface area (Å²) in [6.45, 7) is 1.87. The first-order valence-corrected chi connectivity index (χ1v) is 9.25. The molecule has 140 valence electrons. The Hall–Kier alpha value is -3.08. The van der Waals surface area contributed by atoms with Gasteiger partial charge in [0, 0.05) is 22.8 Å². The first kappa shape index (κ1) is 18.7. The van der Waals surface area contributed by atoms with Crippen LogP contribution in [0.4, 0.5) is 5.69 Å². The van der Waals surface area contributed by atoms with Gasteiger partial charge in [-0.2, -0.15) is 0 Å². The number of esters is 1. The van der Waals surface area contributed by atoms with E-state index in [1.165, 1.54) is 5.56 Å². The average molecular weight is 364 g/mol. The molecule has 1 heterocycles. The van der Waals surface area contributed by atoms with Crippen molar-refractivity contribution in [1.29, 1.82) is 0 Å². The van der Waals surface area contributed by atoms with E-state index >= 15 is 0 Å². The highest BCUT2D eigenvalue weighted by atomic mass is 16.5. The number of ether oxygens (including phenoxy) is 1. The number of anilines is 1. The summed E-state index contributed by atoms with van der Waals surface area (Å²) in [6, 6.07) is 15.5. The van der Waals surface area contributed by atoms with Crippen molar-refractivity contribution in [2.45, 2.75) is 32.6 Å². The van der Waals surface area contributed by atoms with Gasteiger partial charge < -0.3 is 15.0 Å². The highest BCUT2D eigenvalue weighted by Crippen LogP contribution is 2.18. The first-order valence-electron chi connectivity index (χ1n) is 9.25. The fourth-order valence-corrected chi connectivity index (χ4v) is 2.96. The monoisotopic (exact) mass is 364 g/mol. The summed E-state index contributed by atoms with van der Waals surface area (Å²) in [5.41, 5.74) is 3.78. The predicted octanol–water partition coefficient (Wildman–Crippen LogP) is 4.23. The molecule has 0 radical (unpaired) electrons. The Balaban J connectivity index is 1.46. The van der Waals surface area contributed by atoms with E-state index < -0.39 is 5.97 Å². The predicted molar refractivity (Wildman–Crippen MR) is 107 cm³/mol. The van der Waals surface area contributed by atoms with Crippen molar-refractivity contribution >= 4 is 28.5 Å². The maximum absolute atomic E-state index is 12.0. The van der Waals surface area contributed by atoms with Crippen LogP contribution in [0.15, 0.2) is 54.7 Å². The molecule has 5 nitrogen and oxygen atoms in total.